The third-order valence-corrected chi connectivity index (χ3v) is 14.2. The van der Waals surface area contributed by atoms with E-state index < -0.39 is 65.2 Å². The standard InChI is InChI=1S/C60H75N3O11/c1-38(2)33-40(5)29-30-43(34-41-19-10-8-11-20-41)58(70)63-32-18-26-49(63)51(65)35-46(39(3)4)57(69)62-48(25-17-31-61-59(71)72-37-42-21-12-9-13-22-42)50(64)27-16-28-53(66)73-52-36-47-55(68)54(67)44-23-14-15-24-45(44)56(47)74-60(52,6)7/h8-15,19-24,29-30,38-40,43,46,48-49,52H,16-18,25-28,31-37H2,1-7H3,(H,61,71)(H,62,69)/b30-29+/t40-,43-,46+,48+,49+,52?/m1/s1. The van der Waals surface area contributed by atoms with Crippen molar-refractivity contribution < 1.29 is 52.6 Å². The van der Waals surface area contributed by atoms with Crippen molar-refractivity contribution in [1.82, 2.24) is 15.5 Å². The molecule has 3 aromatic rings. The molecular formula is C60H75N3O11. The topological polar surface area (TPSA) is 192 Å². The Balaban J connectivity index is 1.09. The largest absolute Gasteiger partial charge is 0.483 e. The van der Waals surface area contributed by atoms with E-state index >= 15 is 0 Å². The van der Waals surface area contributed by atoms with E-state index in [1.165, 1.54) is 0 Å². The summed E-state index contributed by atoms with van der Waals surface area (Å²) in [6.07, 6.45) is 5.30. The molecule has 2 aliphatic heterocycles. The number of esters is 1. The Morgan fingerprint density at radius 2 is 1.47 bits per heavy atom. The van der Waals surface area contributed by atoms with Gasteiger partial charge in [-0.3, -0.25) is 33.6 Å². The van der Waals surface area contributed by atoms with E-state index in [1.54, 1.807) is 43.0 Å². The van der Waals surface area contributed by atoms with Crippen LogP contribution in [0.25, 0.3) is 5.76 Å². The van der Waals surface area contributed by atoms with Gasteiger partial charge in [-0.25, -0.2) is 4.79 Å². The molecule has 1 aliphatic carbocycles. The normalized spacial score (nSPS) is 18.7. The lowest BCUT2D eigenvalue weighted by atomic mass is 9.81. The minimum absolute atomic E-state index is 0.0213. The van der Waals surface area contributed by atoms with E-state index in [0.29, 0.717) is 49.5 Å². The molecule has 1 fully saturated rings. The highest BCUT2D eigenvalue weighted by molar-refractivity contribution is 6.52. The number of hydrogen-bond donors (Lipinski definition) is 2. The summed E-state index contributed by atoms with van der Waals surface area (Å²) in [6, 6.07) is 24.1. The molecule has 396 valence electrons. The second kappa shape index (κ2) is 26.5. The molecule has 6 rings (SSSR count). The van der Waals surface area contributed by atoms with E-state index in [2.05, 4.69) is 37.5 Å². The molecule has 2 heterocycles. The molecule has 14 nitrogen and oxygen atoms in total. The number of ketones is 4. The van der Waals surface area contributed by atoms with E-state index in [0.717, 1.165) is 17.5 Å². The Bertz CT molecular complexity index is 2550. The number of likely N-dealkylation sites (tertiary alicyclic amines) is 1. The van der Waals surface area contributed by atoms with Crippen LogP contribution in [-0.2, 0) is 56.0 Å². The maximum atomic E-state index is 14.4. The Morgan fingerprint density at radius 3 is 2.15 bits per heavy atom. The SMILES string of the molecule is CC(C)C[C@H](C)/C=C/[C@H](Cc1ccccc1)C(=O)N1CCC[C@H]1C(=O)C[C@H](C(=O)N[C@@H](CCCNC(=O)OCc1ccccc1)C(=O)CCCC(=O)OC1CC2=C(OC1(C)C)c1ccccc1C(=O)C2=O)C(C)C. The van der Waals surface area contributed by atoms with Gasteiger partial charge in [-0.2, -0.15) is 0 Å². The third-order valence-electron chi connectivity index (χ3n) is 14.2. The van der Waals surface area contributed by atoms with Gasteiger partial charge < -0.3 is 29.7 Å². The van der Waals surface area contributed by atoms with Gasteiger partial charge in [0.25, 0.3) is 0 Å². The van der Waals surface area contributed by atoms with Crippen LogP contribution in [0.2, 0.25) is 0 Å². The van der Waals surface area contributed by atoms with Crippen LogP contribution in [-0.4, -0.2) is 88.8 Å². The fraction of sp³-hybridized carbons (Fsp3) is 0.500. The van der Waals surface area contributed by atoms with Crippen LogP contribution in [0.3, 0.4) is 0 Å². The number of alkyl carbamates (subject to hydrolysis) is 1. The van der Waals surface area contributed by atoms with Crippen LogP contribution < -0.4 is 10.6 Å². The molecule has 0 aromatic heterocycles. The van der Waals surface area contributed by atoms with E-state index in [-0.39, 0.29) is 92.1 Å². The summed E-state index contributed by atoms with van der Waals surface area (Å²) < 4.78 is 17.5. The summed E-state index contributed by atoms with van der Waals surface area (Å²) >= 11 is 0. The summed E-state index contributed by atoms with van der Waals surface area (Å²) in [5.74, 6) is -3.63. The van der Waals surface area contributed by atoms with Gasteiger partial charge in [0.2, 0.25) is 23.4 Å². The van der Waals surface area contributed by atoms with Gasteiger partial charge in [-0.1, -0.05) is 132 Å². The third kappa shape index (κ3) is 15.4. The Labute approximate surface area is 436 Å². The zero-order valence-corrected chi connectivity index (χ0v) is 44.2. The number of nitrogens with zero attached hydrogens (tertiary/aromatic N) is 1. The number of benzene rings is 3. The molecule has 1 unspecified atom stereocenters. The smallest absolute Gasteiger partial charge is 0.407 e. The molecule has 2 N–H and O–H groups in total. The maximum Gasteiger partial charge on any atom is 0.407 e. The summed E-state index contributed by atoms with van der Waals surface area (Å²) in [5, 5.41) is 5.64. The maximum absolute atomic E-state index is 14.4. The lowest BCUT2D eigenvalue weighted by Crippen LogP contribution is -2.48. The van der Waals surface area contributed by atoms with Crippen LogP contribution in [0, 0.1) is 29.6 Å². The average molecular weight is 1010 g/mol. The van der Waals surface area contributed by atoms with Crippen LogP contribution >= 0.6 is 0 Å². The Morgan fingerprint density at radius 1 is 0.811 bits per heavy atom. The first-order chi connectivity index (χ1) is 35.3. The molecule has 1 saturated heterocycles. The number of carbonyl (C=O) groups excluding carboxylic acids is 8. The predicted molar refractivity (Wildman–Crippen MR) is 281 cm³/mol. The number of ether oxygens (including phenoxy) is 3. The Hall–Kier alpha value is -6.70. The summed E-state index contributed by atoms with van der Waals surface area (Å²) in [4.78, 5) is 111. The summed E-state index contributed by atoms with van der Waals surface area (Å²) in [6.45, 7) is 14.3. The number of fused-ring (bicyclic) bond motifs is 2. The van der Waals surface area contributed by atoms with Crippen molar-refractivity contribution in [1.29, 1.82) is 0 Å². The van der Waals surface area contributed by atoms with Crippen molar-refractivity contribution in [2.24, 2.45) is 29.6 Å². The molecular weight excluding hydrogens is 939 g/mol. The zero-order chi connectivity index (χ0) is 53.5. The fourth-order valence-electron chi connectivity index (χ4n) is 10.1. The first-order valence-electron chi connectivity index (χ1n) is 26.5. The molecule has 6 atom stereocenters. The molecule has 3 aromatic carbocycles. The van der Waals surface area contributed by atoms with Crippen LogP contribution in [0.4, 0.5) is 4.79 Å². The lowest BCUT2D eigenvalue weighted by Gasteiger charge is -2.41. The average Bonchev–Trinajstić information content (AvgIpc) is 3.87. The first-order valence-corrected chi connectivity index (χ1v) is 26.5. The van der Waals surface area contributed by atoms with Crippen molar-refractivity contribution in [3.05, 3.63) is 125 Å². The minimum Gasteiger partial charge on any atom is -0.483 e. The van der Waals surface area contributed by atoms with E-state index in [1.807, 2.05) is 80.6 Å². The van der Waals surface area contributed by atoms with Gasteiger partial charge in [0.1, 0.15) is 24.1 Å². The second-order valence-corrected chi connectivity index (χ2v) is 21.4. The highest BCUT2D eigenvalue weighted by Crippen LogP contribution is 2.42. The van der Waals surface area contributed by atoms with Gasteiger partial charge in [0.05, 0.1) is 23.6 Å². The molecule has 0 bridgehead atoms. The summed E-state index contributed by atoms with van der Waals surface area (Å²) in [7, 11) is 0. The second-order valence-electron chi connectivity index (χ2n) is 21.4. The molecule has 14 heteroatoms. The Kier molecular flexibility index (Phi) is 20.3. The van der Waals surface area contributed by atoms with E-state index in [9.17, 15) is 38.4 Å². The fourth-order valence-corrected chi connectivity index (χ4v) is 10.1. The monoisotopic (exact) mass is 1010 g/mol. The number of hydrogen-bond acceptors (Lipinski definition) is 11. The predicted octanol–water partition coefficient (Wildman–Crippen LogP) is 9.52. The molecule has 0 radical (unpaired) electrons. The number of carbonyl (C=O) groups is 8. The highest BCUT2D eigenvalue weighted by atomic mass is 16.6. The van der Waals surface area contributed by atoms with Gasteiger partial charge in [0.15, 0.2) is 11.6 Å². The summed E-state index contributed by atoms with van der Waals surface area (Å²) in [5.41, 5.74) is 1.71. The number of allylic oxidation sites excluding steroid dienone is 1. The first kappa shape index (κ1) is 56.6. The molecule has 74 heavy (non-hydrogen) atoms. The molecule has 0 saturated carbocycles. The zero-order valence-electron chi connectivity index (χ0n) is 44.2. The van der Waals surface area contributed by atoms with Crippen molar-refractivity contribution in [3.8, 4) is 0 Å². The van der Waals surface area contributed by atoms with E-state index in [4.69, 9.17) is 14.2 Å². The van der Waals surface area contributed by atoms with Gasteiger partial charge in [-0.05, 0) is 87.7 Å². The van der Waals surface area contributed by atoms with Crippen molar-refractivity contribution in [2.75, 3.05) is 13.1 Å². The quantitative estimate of drug-likeness (QED) is 0.0356. The molecule has 0 spiro atoms. The van der Waals surface area contributed by atoms with Gasteiger partial charge >= 0.3 is 12.1 Å². The van der Waals surface area contributed by atoms with Gasteiger partial charge in [-0.15, -0.1) is 0 Å². The molecule has 3 aliphatic rings. The number of Topliss-reactive ketones (excluding diaryl/α,β-unsaturated/α-hetero) is 4. The van der Waals surface area contributed by atoms with Crippen molar-refractivity contribution in [3.63, 3.8) is 0 Å². The number of rotatable bonds is 25. The van der Waals surface area contributed by atoms with Crippen LogP contribution in [0.1, 0.15) is 140 Å². The molecule has 3 amide bonds. The van der Waals surface area contributed by atoms with Crippen molar-refractivity contribution in [2.45, 2.75) is 149 Å². The minimum atomic E-state index is -1.05. The number of amides is 3. The van der Waals surface area contributed by atoms with Crippen molar-refractivity contribution >= 4 is 52.8 Å². The van der Waals surface area contributed by atoms with Crippen LogP contribution in [0.15, 0.2) is 103 Å². The van der Waals surface area contributed by atoms with Crippen LogP contribution in [0.5, 0.6) is 0 Å². The lowest BCUT2D eigenvalue weighted by molar-refractivity contribution is -0.163. The highest BCUT2D eigenvalue weighted by Gasteiger charge is 2.47. The number of nitrogens with one attached hydrogen (secondary N) is 2. The van der Waals surface area contributed by atoms with Gasteiger partial charge in [0, 0.05) is 55.8 Å².